The number of carboxylic acid groups (broad SMARTS) is 1. The van der Waals surface area contributed by atoms with Gasteiger partial charge in [0.2, 0.25) is 12.2 Å². The van der Waals surface area contributed by atoms with E-state index in [4.69, 9.17) is 23.7 Å². The van der Waals surface area contributed by atoms with Crippen molar-refractivity contribution in [2.24, 2.45) is 0 Å². The largest absolute Gasteiger partial charge is 0.478 e. The van der Waals surface area contributed by atoms with E-state index in [9.17, 15) is 33.9 Å². The third-order valence-corrected chi connectivity index (χ3v) is 10.4. The molecule has 0 spiro atoms. The molecule has 0 aliphatic rings. The second kappa shape index (κ2) is 40.2. The minimum atomic E-state index is -2.19. The summed E-state index contributed by atoms with van der Waals surface area (Å²) in [6.07, 6.45) is 30.6. The number of hydrogen-bond acceptors (Lipinski definition) is 11. The number of ether oxygens (including phenoxy) is 5. The van der Waals surface area contributed by atoms with Crippen molar-refractivity contribution in [3.05, 3.63) is 0 Å². The van der Waals surface area contributed by atoms with Crippen molar-refractivity contribution in [2.75, 3.05) is 13.2 Å². The number of unbranched alkanes of at least 4 members (excludes halogenated alkanes) is 28. The van der Waals surface area contributed by atoms with E-state index in [2.05, 4.69) is 13.8 Å². The van der Waals surface area contributed by atoms with Gasteiger partial charge in [-0.3, -0.25) is 19.2 Å². The highest BCUT2D eigenvalue weighted by Gasteiger charge is 2.42. The standard InChI is InChI=1S/C47H84O12/c1-5-7-9-11-13-15-17-19-21-23-25-27-29-31-33-35-42(50)55-37-41(59-47(54)45(58-40(4)49)44(46(52)53)57-39(3)48)38-56-43(51)36-34-32-30-28-26-24-22-20-18-16-14-12-10-8-6-2/h41,44-45H,5-38H2,1-4H3,(H,52,53)/t44-,45-/m1/s1. The average Bonchev–Trinajstić information content (AvgIpc) is 3.19. The SMILES string of the molecule is CCCCCCCCCCCCCCCCCC(=O)OCC(COC(=O)CCCCCCCCCCCCCCCCC)OC(=O)[C@H](OC(C)=O)[C@@H](OC(C)=O)C(=O)O. The minimum absolute atomic E-state index is 0.154. The van der Waals surface area contributed by atoms with Crippen LogP contribution in [-0.2, 0) is 52.5 Å². The zero-order valence-electron chi connectivity index (χ0n) is 37.7. The Bertz CT molecular complexity index is 1040. The lowest BCUT2D eigenvalue weighted by Crippen LogP contribution is -2.47. The number of hydrogen-bond donors (Lipinski definition) is 1. The van der Waals surface area contributed by atoms with Crippen LogP contribution in [0.2, 0.25) is 0 Å². The molecule has 0 aromatic carbocycles. The van der Waals surface area contributed by atoms with Gasteiger partial charge in [-0.25, -0.2) is 9.59 Å². The van der Waals surface area contributed by atoms with Crippen molar-refractivity contribution in [1.29, 1.82) is 0 Å². The molecule has 0 heterocycles. The Morgan fingerprint density at radius 2 is 0.661 bits per heavy atom. The van der Waals surface area contributed by atoms with E-state index in [1.54, 1.807) is 0 Å². The van der Waals surface area contributed by atoms with Crippen LogP contribution < -0.4 is 0 Å². The lowest BCUT2D eigenvalue weighted by Gasteiger charge is -2.24. The quantitative estimate of drug-likeness (QED) is 0.0351. The highest BCUT2D eigenvalue weighted by atomic mass is 16.6. The molecule has 12 heteroatoms. The van der Waals surface area contributed by atoms with Crippen molar-refractivity contribution in [2.45, 2.75) is 251 Å². The molecule has 0 radical (unpaired) electrons. The second-order valence-electron chi connectivity index (χ2n) is 16.2. The molecular weight excluding hydrogens is 757 g/mol. The molecule has 0 aromatic heterocycles. The Kier molecular flexibility index (Phi) is 38.1. The molecule has 0 saturated heterocycles. The Hall–Kier alpha value is -3.18. The molecule has 2 atom stereocenters. The van der Waals surface area contributed by atoms with E-state index in [0.29, 0.717) is 12.8 Å². The molecule has 0 fully saturated rings. The molecule has 0 unspecified atom stereocenters. The predicted molar refractivity (Wildman–Crippen MR) is 230 cm³/mol. The number of esters is 5. The molecule has 0 aliphatic heterocycles. The number of carboxylic acids is 1. The topological polar surface area (TPSA) is 169 Å². The van der Waals surface area contributed by atoms with Crippen molar-refractivity contribution in [3.8, 4) is 0 Å². The molecule has 0 saturated carbocycles. The van der Waals surface area contributed by atoms with Gasteiger partial charge in [0.05, 0.1) is 0 Å². The van der Waals surface area contributed by atoms with Crippen LogP contribution in [0.15, 0.2) is 0 Å². The summed E-state index contributed by atoms with van der Waals surface area (Å²) in [5.41, 5.74) is 0. The Morgan fingerprint density at radius 1 is 0.390 bits per heavy atom. The van der Waals surface area contributed by atoms with Gasteiger partial charge in [0.15, 0.2) is 6.10 Å². The van der Waals surface area contributed by atoms with Crippen molar-refractivity contribution in [3.63, 3.8) is 0 Å². The first-order valence-corrected chi connectivity index (χ1v) is 23.6. The molecule has 0 amide bonds. The fourth-order valence-electron chi connectivity index (χ4n) is 6.98. The summed E-state index contributed by atoms with van der Waals surface area (Å²) in [7, 11) is 0. The van der Waals surface area contributed by atoms with Crippen LogP contribution in [0.4, 0.5) is 0 Å². The van der Waals surface area contributed by atoms with Crippen LogP contribution in [0, 0.1) is 0 Å². The number of carbonyl (C=O) groups is 6. The molecule has 0 rings (SSSR count). The first-order valence-electron chi connectivity index (χ1n) is 23.6. The van der Waals surface area contributed by atoms with Crippen LogP contribution >= 0.6 is 0 Å². The Morgan fingerprint density at radius 3 is 0.932 bits per heavy atom. The van der Waals surface area contributed by atoms with Gasteiger partial charge in [0.25, 0.3) is 0 Å². The van der Waals surface area contributed by atoms with Gasteiger partial charge in [-0.2, -0.15) is 0 Å². The summed E-state index contributed by atoms with van der Waals surface area (Å²) < 4.78 is 25.7. The monoisotopic (exact) mass is 841 g/mol. The van der Waals surface area contributed by atoms with E-state index >= 15 is 0 Å². The molecule has 344 valence electrons. The first-order chi connectivity index (χ1) is 28.5. The van der Waals surface area contributed by atoms with Crippen LogP contribution in [0.1, 0.15) is 233 Å². The van der Waals surface area contributed by atoms with Gasteiger partial charge in [0, 0.05) is 26.7 Å². The van der Waals surface area contributed by atoms with Crippen molar-refractivity contribution < 1.29 is 57.6 Å². The van der Waals surface area contributed by atoms with Crippen LogP contribution in [-0.4, -0.2) is 72.4 Å². The van der Waals surface area contributed by atoms with Crippen LogP contribution in [0.5, 0.6) is 0 Å². The molecule has 0 bridgehead atoms. The highest BCUT2D eigenvalue weighted by Crippen LogP contribution is 2.17. The van der Waals surface area contributed by atoms with Gasteiger partial charge < -0.3 is 28.8 Å². The second-order valence-corrected chi connectivity index (χ2v) is 16.2. The molecule has 1 N–H and O–H groups in total. The third-order valence-electron chi connectivity index (χ3n) is 10.4. The van der Waals surface area contributed by atoms with Crippen LogP contribution in [0.25, 0.3) is 0 Å². The zero-order chi connectivity index (χ0) is 43.8. The van der Waals surface area contributed by atoms with Gasteiger partial charge in [-0.1, -0.05) is 194 Å². The summed E-state index contributed by atoms with van der Waals surface area (Å²) in [4.78, 5) is 73.5. The van der Waals surface area contributed by atoms with E-state index in [-0.39, 0.29) is 12.8 Å². The molecule has 12 nitrogen and oxygen atoms in total. The molecule has 59 heavy (non-hydrogen) atoms. The molecule has 0 aliphatic carbocycles. The van der Waals surface area contributed by atoms with Gasteiger partial charge in [0.1, 0.15) is 13.2 Å². The maximum absolute atomic E-state index is 13.1. The Labute approximate surface area is 357 Å². The fraction of sp³-hybridized carbons (Fsp3) is 0.872. The smallest absolute Gasteiger partial charge is 0.352 e. The maximum Gasteiger partial charge on any atom is 0.352 e. The maximum atomic E-state index is 13.1. The van der Waals surface area contributed by atoms with Crippen molar-refractivity contribution >= 4 is 35.8 Å². The van der Waals surface area contributed by atoms with Crippen molar-refractivity contribution in [1.82, 2.24) is 0 Å². The van der Waals surface area contributed by atoms with Gasteiger partial charge in [-0.05, 0) is 12.8 Å². The molecule has 0 aromatic rings. The first kappa shape index (κ1) is 55.8. The van der Waals surface area contributed by atoms with E-state index in [0.717, 1.165) is 52.4 Å². The van der Waals surface area contributed by atoms with E-state index in [1.807, 2.05) is 0 Å². The van der Waals surface area contributed by atoms with Crippen LogP contribution in [0.3, 0.4) is 0 Å². The summed E-state index contributed by atoms with van der Waals surface area (Å²) >= 11 is 0. The Balaban J connectivity index is 4.73. The summed E-state index contributed by atoms with van der Waals surface area (Å²) in [6.45, 7) is 5.41. The lowest BCUT2D eigenvalue weighted by atomic mass is 10.0. The summed E-state index contributed by atoms with van der Waals surface area (Å²) in [6, 6.07) is 0. The number of rotatable bonds is 42. The lowest BCUT2D eigenvalue weighted by molar-refractivity contribution is -0.194. The number of aliphatic carboxylic acids is 1. The minimum Gasteiger partial charge on any atom is -0.478 e. The summed E-state index contributed by atoms with van der Waals surface area (Å²) in [5.74, 6) is -6.21. The van der Waals surface area contributed by atoms with E-state index in [1.165, 1.54) is 141 Å². The third kappa shape index (κ3) is 36.4. The predicted octanol–water partition coefficient (Wildman–Crippen LogP) is 11.5. The zero-order valence-corrected chi connectivity index (χ0v) is 37.7. The fourth-order valence-corrected chi connectivity index (χ4v) is 6.98. The average molecular weight is 841 g/mol. The highest BCUT2D eigenvalue weighted by molar-refractivity contribution is 5.88. The summed E-state index contributed by atoms with van der Waals surface area (Å²) in [5, 5.41) is 9.59. The van der Waals surface area contributed by atoms with E-state index < -0.39 is 67.3 Å². The van der Waals surface area contributed by atoms with Gasteiger partial charge >= 0.3 is 35.8 Å². The normalized spacial score (nSPS) is 12.2. The number of carbonyl (C=O) groups excluding carboxylic acids is 5. The van der Waals surface area contributed by atoms with Gasteiger partial charge in [-0.15, -0.1) is 0 Å². The molecular formula is C47H84O12.